The van der Waals surface area contributed by atoms with Crippen molar-refractivity contribution in [1.82, 2.24) is 0 Å². The molecule has 0 saturated heterocycles. The van der Waals surface area contributed by atoms with Gasteiger partial charge in [-0.1, -0.05) is 138 Å². The summed E-state index contributed by atoms with van der Waals surface area (Å²) in [5.41, 5.74) is 0. The van der Waals surface area contributed by atoms with Gasteiger partial charge >= 0.3 is 11.9 Å². The molecule has 0 bridgehead atoms. The zero-order valence-corrected chi connectivity index (χ0v) is 27.4. The van der Waals surface area contributed by atoms with Crippen molar-refractivity contribution in [3.63, 3.8) is 0 Å². The van der Waals surface area contributed by atoms with Crippen LogP contribution in [-0.2, 0) is 19.1 Å². The topological polar surface area (TPSA) is 113 Å². The van der Waals surface area contributed by atoms with E-state index in [9.17, 15) is 24.9 Å². The monoisotopic (exact) mass is 616 g/mol. The molecule has 0 aliphatic carbocycles. The van der Waals surface area contributed by atoms with E-state index in [0.29, 0.717) is 25.7 Å². The van der Waals surface area contributed by atoms with Gasteiger partial charge in [-0.25, -0.2) is 0 Å². The van der Waals surface area contributed by atoms with E-state index >= 15 is 0 Å². The predicted molar refractivity (Wildman–Crippen MR) is 180 cm³/mol. The first kappa shape index (κ1) is 41.3. The van der Waals surface area contributed by atoms with E-state index < -0.39 is 30.9 Å². The summed E-state index contributed by atoms with van der Waals surface area (Å²) in [6.45, 7) is 3.73. The Kier molecular flexibility index (Phi) is 29.7. The number of aliphatic hydroxyl groups excluding tert-OH is 3. The fourth-order valence-electron chi connectivity index (χ4n) is 4.12. The highest BCUT2D eigenvalue weighted by atomic mass is 16.6. The summed E-state index contributed by atoms with van der Waals surface area (Å²) in [6.07, 6.45) is 34.7. The Balaban J connectivity index is 3.95. The lowest BCUT2D eigenvalue weighted by atomic mass is 10.1. The van der Waals surface area contributed by atoms with Gasteiger partial charge in [0, 0.05) is 12.8 Å². The SMILES string of the molecule is CC/C=C\C[C@@H](O)/C=C/C=C\C/C=C\C=C\[C@@H](O)/C=C\CCCC(=O)OC[C@H](CO)OC(=O)CCCCCCCCCCC. The summed E-state index contributed by atoms with van der Waals surface area (Å²) >= 11 is 0. The van der Waals surface area contributed by atoms with Crippen molar-refractivity contribution in [3.8, 4) is 0 Å². The van der Waals surface area contributed by atoms with Gasteiger partial charge in [-0.05, 0) is 38.5 Å². The van der Waals surface area contributed by atoms with Crippen molar-refractivity contribution in [3.05, 3.63) is 72.9 Å². The van der Waals surface area contributed by atoms with Crippen LogP contribution in [0, 0.1) is 0 Å². The van der Waals surface area contributed by atoms with Gasteiger partial charge in [0.2, 0.25) is 0 Å². The summed E-state index contributed by atoms with van der Waals surface area (Å²) in [4.78, 5) is 24.0. The highest BCUT2D eigenvalue weighted by Crippen LogP contribution is 2.11. The molecule has 3 atom stereocenters. The number of rotatable bonds is 28. The maximum absolute atomic E-state index is 12.0. The van der Waals surface area contributed by atoms with E-state index in [-0.39, 0.29) is 19.0 Å². The van der Waals surface area contributed by atoms with Crippen LogP contribution in [0.4, 0.5) is 0 Å². The molecule has 0 amide bonds. The van der Waals surface area contributed by atoms with Gasteiger partial charge in [0.15, 0.2) is 6.10 Å². The third kappa shape index (κ3) is 29.3. The number of carbonyl (C=O) groups excluding carboxylic acids is 2. The number of carbonyl (C=O) groups is 2. The smallest absolute Gasteiger partial charge is 0.306 e. The Labute approximate surface area is 267 Å². The predicted octanol–water partition coefficient (Wildman–Crippen LogP) is 7.77. The molecule has 0 unspecified atom stereocenters. The first-order valence-corrected chi connectivity index (χ1v) is 16.7. The van der Waals surface area contributed by atoms with Crippen LogP contribution in [0.25, 0.3) is 0 Å². The van der Waals surface area contributed by atoms with Gasteiger partial charge < -0.3 is 24.8 Å². The van der Waals surface area contributed by atoms with Crippen LogP contribution in [0.1, 0.15) is 117 Å². The molecule has 0 radical (unpaired) electrons. The number of esters is 2. The van der Waals surface area contributed by atoms with Gasteiger partial charge in [0.1, 0.15) is 6.61 Å². The van der Waals surface area contributed by atoms with Crippen molar-refractivity contribution >= 4 is 11.9 Å². The number of hydrogen-bond acceptors (Lipinski definition) is 7. The fourth-order valence-corrected chi connectivity index (χ4v) is 4.12. The quantitative estimate of drug-likeness (QED) is 0.0356. The van der Waals surface area contributed by atoms with Crippen molar-refractivity contribution < 1.29 is 34.4 Å². The van der Waals surface area contributed by atoms with Gasteiger partial charge in [-0.3, -0.25) is 9.59 Å². The van der Waals surface area contributed by atoms with Crippen molar-refractivity contribution in [2.24, 2.45) is 0 Å². The van der Waals surface area contributed by atoms with Crippen molar-refractivity contribution in [2.45, 2.75) is 135 Å². The molecular formula is C37H60O7. The lowest BCUT2D eigenvalue weighted by Crippen LogP contribution is -2.28. The molecule has 0 aromatic carbocycles. The number of aliphatic hydroxyl groups is 3. The molecule has 0 aliphatic rings. The van der Waals surface area contributed by atoms with E-state index in [1.165, 1.54) is 38.5 Å². The molecule has 0 saturated carbocycles. The first-order valence-electron chi connectivity index (χ1n) is 16.7. The van der Waals surface area contributed by atoms with Crippen LogP contribution in [0.5, 0.6) is 0 Å². The maximum Gasteiger partial charge on any atom is 0.306 e. The summed E-state index contributed by atoms with van der Waals surface area (Å²) in [6, 6.07) is 0. The maximum atomic E-state index is 12.0. The van der Waals surface area contributed by atoms with E-state index in [1.807, 2.05) is 48.6 Å². The highest BCUT2D eigenvalue weighted by Gasteiger charge is 2.16. The Morgan fingerprint density at radius 3 is 1.98 bits per heavy atom. The third-order valence-electron chi connectivity index (χ3n) is 6.69. The minimum absolute atomic E-state index is 0.155. The molecule has 7 heteroatoms. The second-order valence-corrected chi connectivity index (χ2v) is 10.9. The van der Waals surface area contributed by atoms with Crippen LogP contribution in [0.3, 0.4) is 0 Å². The van der Waals surface area contributed by atoms with Gasteiger partial charge in [-0.2, -0.15) is 0 Å². The fraction of sp³-hybridized carbons (Fsp3) is 0.622. The van der Waals surface area contributed by atoms with Crippen molar-refractivity contribution in [1.29, 1.82) is 0 Å². The molecule has 44 heavy (non-hydrogen) atoms. The Hall–Kier alpha value is -2.74. The van der Waals surface area contributed by atoms with Crippen LogP contribution >= 0.6 is 0 Å². The van der Waals surface area contributed by atoms with E-state index in [1.54, 1.807) is 24.3 Å². The minimum Gasteiger partial charge on any atom is -0.462 e. The number of unbranched alkanes of at least 4 members (excludes halogenated alkanes) is 9. The molecule has 0 heterocycles. The Bertz CT molecular complexity index is 869. The third-order valence-corrected chi connectivity index (χ3v) is 6.69. The number of ether oxygens (including phenoxy) is 2. The number of allylic oxidation sites excluding steroid dienone is 8. The van der Waals surface area contributed by atoms with E-state index in [2.05, 4.69) is 13.8 Å². The minimum atomic E-state index is -0.842. The van der Waals surface area contributed by atoms with E-state index in [0.717, 1.165) is 32.1 Å². The molecule has 0 fully saturated rings. The van der Waals surface area contributed by atoms with E-state index in [4.69, 9.17) is 9.47 Å². The lowest BCUT2D eigenvalue weighted by Gasteiger charge is -2.15. The molecule has 250 valence electrons. The van der Waals surface area contributed by atoms with Crippen LogP contribution < -0.4 is 0 Å². The molecule has 0 aromatic heterocycles. The van der Waals surface area contributed by atoms with Gasteiger partial charge in [0.25, 0.3) is 0 Å². The Morgan fingerprint density at radius 2 is 1.32 bits per heavy atom. The molecule has 3 N–H and O–H groups in total. The molecule has 0 spiro atoms. The molecule has 0 aliphatic heterocycles. The molecule has 7 nitrogen and oxygen atoms in total. The second-order valence-electron chi connectivity index (χ2n) is 10.9. The summed E-state index contributed by atoms with van der Waals surface area (Å²) < 4.78 is 10.4. The number of hydrogen-bond donors (Lipinski definition) is 3. The van der Waals surface area contributed by atoms with Crippen LogP contribution in [-0.4, -0.2) is 58.8 Å². The van der Waals surface area contributed by atoms with Crippen LogP contribution in [0.2, 0.25) is 0 Å². The van der Waals surface area contributed by atoms with Gasteiger partial charge in [0.05, 0.1) is 18.8 Å². The summed E-state index contributed by atoms with van der Waals surface area (Å²) in [5, 5.41) is 29.3. The normalized spacial score (nSPS) is 14.6. The second kappa shape index (κ2) is 31.7. The summed E-state index contributed by atoms with van der Waals surface area (Å²) in [7, 11) is 0. The van der Waals surface area contributed by atoms with Crippen molar-refractivity contribution in [2.75, 3.05) is 13.2 Å². The van der Waals surface area contributed by atoms with Crippen LogP contribution in [0.15, 0.2) is 72.9 Å². The lowest BCUT2D eigenvalue weighted by molar-refractivity contribution is -0.161. The molecule has 0 rings (SSSR count). The highest BCUT2D eigenvalue weighted by molar-refractivity contribution is 5.70. The largest absolute Gasteiger partial charge is 0.462 e. The molecular weight excluding hydrogens is 556 g/mol. The first-order chi connectivity index (χ1) is 21.4. The summed E-state index contributed by atoms with van der Waals surface area (Å²) in [5.74, 6) is -0.786. The standard InChI is InChI=1S/C37H60O7/c1-3-5-7-8-9-10-14-17-23-30-37(42)44-35(31-38)32-43-36(41)29-24-18-22-28-34(40)27-21-16-13-11-12-15-20-26-33(39)25-19-6-4-2/h6,12-13,15-16,19-22,26-28,33-35,38-40H,3-5,7-11,14,17-18,23-25,29-32H2,1-2H3/b15-12-,16-13-,19-6-,26-20+,27-21+,28-22-/t33-,34-,35+/m1/s1. The van der Waals surface area contributed by atoms with Gasteiger partial charge in [-0.15, -0.1) is 0 Å². The Morgan fingerprint density at radius 1 is 0.682 bits per heavy atom. The average Bonchev–Trinajstić information content (AvgIpc) is 3.01. The zero-order chi connectivity index (χ0) is 32.5. The molecule has 0 aromatic rings. The average molecular weight is 617 g/mol. The zero-order valence-electron chi connectivity index (χ0n) is 27.4.